The van der Waals surface area contributed by atoms with Crippen molar-refractivity contribution in [3.05, 3.63) is 65.6 Å². The van der Waals surface area contributed by atoms with Gasteiger partial charge in [0.1, 0.15) is 5.82 Å². The molecule has 0 aliphatic heterocycles. The Balaban J connectivity index is 2.09. The van der Waals surface area contributed by atoms with Crippen LogP contribution in [0.1, 0.15) is 0 Å². The number of benzene rings is 2. The van der Waals surface area contributed by atoms with Crippen molar-refractivity contribution in [3.8, 4) is 16.9 Å². The van der Waals surface area contributed by atoms with Crippen LogP contribution in [0.3, 0.4) is 0 Å². The zero-order chi connectivity index (χ0) is 16.6. The van der Waals surface area contributed by atoms with Crippen LogP contribution in [0.2, 0.25) is 5.15 Å². The average molecular weight is 351 g/mol. The summed E-state index contributed by atoms with van der Waals surface area (Å²) in [4.78, 5) is 0.236. The van der Waals surface area contributed by atoms with Crippen LogP contribution in [0.5, 0.6) is 0 Å². The number of aromatic nitrogens is 2. The summed E-state index contributed by atoms with van der Waals surface area (Å²) in [6.45, 7) is 0. The van der Waals surface area contributed by atoms with Crippen molar-refractivity contribution in [2.24, 2.45) is 0 Å². The Morgan fingerprint density at radius 3 is 2.22 bits per heavy atom. The van der Waals surface area contributed by atoms with E-state index in [1.54, 1.807) is 35.0 Å². The quantitative estimate of drug-likeness (QED) is 0.723. The summed E-state index contributed by atoms with van der Waals surface area (Å²) in [7, 11) is -3.25. The minimum Gasteiger partial charge on any atom is -0.232 e. The van der Waals surface area contributed by atoms with Gasteiger partial charge in [-0.2, -0.15) is 5.10 Å². The van der Waals surface area contributed by atoms with Gasteiger partial charge in [-0.05, 0) is 36.4 Å². The molecule has 0 spiro atoms. The van der Waals surface area contributed by atoms with Crippen molar-refractivity contribution in [1.29, 1.82) is 0 Å². The number of sulfone groups is 1. The molecule has 0 unspecified atom stereocenters. The van der Waals surface area contributed by atoms with Crippen LogP contribution in [-0.4, -0.2) is 24.5 Å². The normalized spacial score (nSPS) is 11.6. The molecule has 0 saturated heterocycles. The average Bonchev–Trinajstić information content (AvgIpc) is 2.89. The van der Waals surface area contributed by atoms with Gasteiger partial charge in [0.15, 0.2) is 15.0 Å². The van der Waals surface area contributed by atoms with E-state index in [0.717, 1.165) is 11.8 Å². The zero-order valence-electron chi connectivity index (χ0n) is 12.1. The van der Waals surface area contributed by atoms with Crippen molar-refractivity contribution in [2.75, 3.05) is 6.26 Å². The van der Waals surface area contributed by atoms with Crippen LogP contribution >= 0.6 is 11.6 Å². The van der Waals surface area contributed by atoms with E-state index in [4.69, 9.17) is 11.6 Å². The summed E-state index contributed by atoms with van der Waals surface area (Å²) in [6, 6.07) is 13.9. The molecule has 0 atom stereocenters. The SMILES string of the molecule is CS(=O)(=O)c1ccc(-c2cc(Cl)nn2-c2ccc(F)cc2)cc1. The maximum absolute atomic E-state index is 13.1. The molecule has 0 radical (unpaired) electrons. The largest absolute Gasteiger partial charge is 0.232 e. The van der Waals surface area contributed by atoms with Crippen LogP contribution < -0.4 is 0 Å². The van der Waals surface area contributed by atoms with Crippen molar-refractivity contribution < 1.29 is 12.8 Å². The second-order valence-corrected chi connectivity index (χ2v) is 7.44. The smallest absolute Gasteiger partial charge is 0.175 e. The molecule has 0 N–H and O–H groups in total. The van der Waals surface area contributed by atoms with Crippen LogP contribution in [-0.2, 0) is 9.84 Å². The highest BCUT2D eigenvalue weighted by molar-refractivity contribution is 7.90. The lowest BCUT2D eigenvalue weighted by molar-refractivity contribution is 0.602. The lowest BCUT2D eigenvalue weighted by Crippen LogP contribution is -2.00. The van der Waals surface area contributed by atoms with Crippen molar-refractivity contribution >= 4 is 21.4 Å². The summed E-state index contributed by atoms with van der Waals surface area (Å²) in [6.07, 6.45) is 1.15. The molecular weight excluding hydrogens is 339 g/mol. The van der Waals surface area contributed by atoms with Crippen LogP contribution in [0, 0.1) is 5.82 Å². The first kappa shape index (κ1) is 15.7. The Kier molecular flexibility index (Phi) is 3.95. The minimum atomic E-state index is -3.25. The first-order valence-corrected chi connectivity index (χ1v) is 8.93. The molecule has 23 heavy (non-hydrogen) atoms. The van der Waals surface area contributed by atoms with E-state index in [1.165, 1.54) is 24.3 Å². The predicted octanol–water partition coefficient (Wildman–Crippen LogP) is 3.74. The predicted molar refractivity (Wildman–Crippen MR) is 87.1 cm³/mol. The van der Waals surface area contributed by atoms with Crippen molar-refractivity contribution in [1.82, 2.24) is 9.78 Å². The van der Waals surface area contributed by atoms with Gasteiger partial charge < -0.3 is 0 Å². The van der Waals surface area contributed by atoms with E-state index in [0.29, 0.717) is 11.4 Å². The summed E-state index contributed by atoms with van der Waals surface area (Å²) in [5.74, 6) is -0.342. The molecule has 0 saturated carbocycles. The summed E-state index contributed by atoms with van der Waals surface area (Å²) < 4.78 is 37.7. The fourth-order valence-corrected chi connectivity index (χ4v) is 3.02. The van der Waals surface area contributed by atoms with Crippen LogP contribution in [0.4, 0.5) is 4.39 Å². The maximum Gasteiger partial charge on any atom is 0.175 e. The molecule has 0 amide bonds. The van der Waals surface area contributed by atoms with Crippen LogP contribution in [0.25, 0.3) is 16.9 Å². The third-order valence-corrected chi connectivity index (χ3v) is 4.64. The van der Waals surface area contributed by atoms with Crippen molar-refractivity contribution in [2.45, 2.75) is 4.90 Å². The lowest BCUT2D eigenvalue weighted by Gasteiger charge is -2.08. The summed E-state index contributed by atoms with van der Waals surface area (Å²) >= 11 is 6.00. The van der Waals surface area contributed by atoms with Crippen molar-refractivity contribution in [3.63, 3.8) is 0 Å². The highest BCUT2D eigenvalue weighted by atomic mass is 35.5. The molecule has 0 aliphatic rings. The molecule has 1 heterocycles. The topological polar surface area (TPSA) is 52.0 Å². The van der Waals surface area contributed by atoms with Gasteiger partial charge in [0, 0.05) is 17.9 Å². The highest BCUT2D eigenvalue weighted by Gasteiger charge is 2.12. The third kappa shape index (κ3) is 3.28. The van der Waals surface area contributed by atoms with E-state index < -0.39 is 9.84 Å². The Hall–Kier alpha value is -2.18. The fourth-order valence-electron chi connectivity index (χ4n) is 2.21. The second kappa shape index (κ2) is 5.79. The van der Waals surface area contributed by atoms with Gasteiger partial charge in [-0.1, -0.05) is 23.7 Å². The van der Waals surface area contributed by atoms with E-state index in [-0.39, 0.29) is 15.9 Å². The first-order valence-electron chi connectivity index (χ1n) is 6.66. The minimum absolute atomic E-state index is 0.236. The van der Waals surface area contributed by atoms with E-state index in [1.807, 2.05) is 0 Å². The maximum atomic E-state index is 13.1. The first-order chi connectivity index (χ1) is 10.8. The van der Waals surface area contributed by atoms with Gasteiger partial charge in [0.05, 0.1) is 16.3 Å². The Bertz CT molecular complexity index is 949. The Morgan fingerprint density at radius 1 is 1.04 bits per heavy atom. The molecular formula is C16H12ClFN2O2S. The van der Waals surface area contributed by atoms with Gasteiger partial charge in [-0.15, -0.1) is 0 Å². The van der Waals surface area contributed by atoms with Gasteiger partial charge in [-0.25, -0.2) is 17.5 Å². The number of rotatable bonds is 3. The van der Waals surface area contributed by atoms with Gasteiger partial charge in [0.2, 0.25) is 0 Å². The summed E-state index contributed by atoms with van der Waals surface area (Å²) in [5, 5.41) is 4.49. The van der Waals surface area contributed by atoms with E-state index >= 15 is 0 Å². The number of hydrogen-bond acceptors (Lipinski definition) is 3. The van der Waals surface area contributed by atoms with Gasteiger partial charge >= 0.3 is 0 Å². The molecule has 3 aromatic rings. The third-order valence-electron chi connectivity index (χ3n) is 3.33. The molecule has 7 heteroatoms. The van der Waals surface area contributed by atoms with Gasteiger partial charge in [-0.3, -0.25) is 0 Å². The van der Waals surface area contributed by atoms with E-state index in [9.17, 15) is 12.8 Å². The Labute approximate surface area is 138 Å². The molecule has 0 aliphatic carbocycles. The van der Waals surface area contributed by atoms with E-state index in [2.05, 4.69) is 5.10 Å². The molecule has 3 rings (SSSR count). The summed E-state index contributed by atoms with van der Waals surface area (Å²) in [5.41, 5.74) is 2.09. The number of halogens is 2. The Morgan fingerprint density at radius 2 is 1.65 bits per heavy atom. The van der Waals surface area contributed by atoms with Crippen LogP contribution in [0.15, 0.2) is 59.5 Å². The lowest BCUT2D eigenvalue weighted by atomic mass is 10.1. The number of nitrogens with zero attached hydrogens (tertiary/aromatic N) is 2. The molecule has 2 aromatic carbocycles. The monoisotopic (exact) mass is 350 g/mol. The number of hydrogen-bond donors (Lipinski definition) is 0. The zero-order valence-corrected chi connectivity index (χ0v) is 13.6. The second-order valence-electron chi connectivity index (χ2n) is 5.04. The highest BCUT2D eigenvalue weighted by Crippen LogP contribution is 2.27. The molecule has 118 valence electrons. The molecule has 1 aromatic heterocycles. The molecule has 4 nitrogen and oxygen atoms in total. The molecule has 0 bridgehead atoms. The fraction of sp³-hybridized carbons (Fsp3) is 0.0625. The standard InChI is InChI=1S/C16H12ClFN2O2S/c1-23(21,22)14-8-2-11(3-9-14)15-10-16(17)19-20(15)13-6-4-12(18)5-7-13/h2-10H,1H3. The van der Waals surface area contributed by atoms with Gasteiger partial charge in [0.25, 0.3) is 0 Å². The molecule has 0 fully saturated rings.